The lowest BCUT2D eigenvalue weighted by Gasteiger charge is -2.09. The van der Waals surface area contributed by atoms with Gasteiger partial charge in [0.25, 0.3) is 0 Å². The molecule has 5 heteroatoms. The number of hydrogen-bond acceptors (Lipinski definition) is 4. The molecule has 1 aliphatic rings. The Bertz CT molecular complexity index is 249. The van der Waals surface area contributed by atoms with Gasteiger partial charge in [0, 0.05) is 0 Å². The normalized spacial score (nSPS) is 27.1. The first-order chi connectivity index (χ1) is 6.19. The van der Waals surface area contributed by atoms with Crippen molar-refractivity contribution in [1.29, 1.82) is 0 Å². The molecule has 0 saturated carbocycles. The van der Waals surface area contributed by atoms with Crippen LogP contribution in [0.15, 0.2) is 12.2 Å². The Labute approximate surface area is 75.7 Å². The van der Waals surface area contributed by atoms with Crippen LogP contribution in [0.5, 0.6) is 0 Å². The molecule has 1 aliphatic heterocycles. The molecular formula is C8H11NO4. The highest BCUT2D eigenvalue weighted by molar-refractivity contribution is 5.83. The van der Waals surface area contributed by atoms with Crippen molar-refractivity contribution in [3.05, 3.63) is 12.2 Å². The second kappa shape index (κ2) is 3.93. The minimum atomic E-state index is -0.867. The fourth-order valence-corrected chi connectivity index (χ4v) is 1.10. The summed E-state index contributed by atoms with van der Waals surface area (Å²) in [7, 11) is 1.25. The van der Waals surface area contributed by atoms with Crippen molar-refractivity contribution in [2.24, 2.45) is 0 Å². The van der Waals surface area contributed by atoms with Crippen LogP contribution in [0.4, 0.5) is 4.79 Å². The molecule has 1 N–H and O–H groups in total. The second-order valence-corrected chi connectivity index (χ2v) is 2.54. The van der Waals surface area contributed by atoms with Crippen molar-refractivity contribution in [3.8, 4) is 0 Å². The van der Waals surface area contributed by atoms with Crippen molar-refractivity contribution in [2.75, 3.05) is 7.11 Å². The largest absolute Gasteiger partial charge is 0.466 e. The number of methoxy groups -OCH3 is 1. The zero-order valence-corrected chi connectivity index (χ0v) is 7.44. The predicted molar refractivity (Wildman–Crippen MR) is 44.0 cm³/mol. The van der Waals surface area contributed by atoms with Gasteiger partial charge in [0.2, 0.25) is 6.10 Å². The van der Waals surface area contributed by atoms with E-state index in [0.29, 0.717) is 0 Å². The summed E-state index contributed by atoms with van der Waals surface area (Å²) < 4.78 is 9.17. The molecule has 0 unspecified atom stereocenters. The Morgan fingerprint density at radius 2 is 2.38 bits per heavy atom. The maximum absolute atomic E-state index is 11.1. The molecule has 0 aliphatic carbocycles. The van der Waals surface area contributed by atoms with Gasteiger partial charge in [-0.05, 0) is 6.92 Å². The number of ether oxygens (including phenoxy) is 2. The van der Waals surface area contributed by atoms with Crippen molar-refractivity contribution in [3.63, 3.8) is 0 Å². The number of hydrogen-bond donors (Lipinski definition) is 1. The first-order valence-corrected chi connectivity index (χ1v) is 3.87. The smallest absolute Gasteiger partial charge is 0.408 e. The molecule has 72 valence electrons. The van der Waals surface area contributed by atoms with Crippen molar-refractivity contribution >= 4 is 12.1 Å². The van der Waals surface area contributed by atoms with Crippen LogP contribution in [0.25, 0.3) is 0 Å². The molecule has 1 amide bonds. The average molecular weight is 185 g/mol. The molecule has 0 aromatic heterocycles. The molecular weight excluding hydrogens is 174 g/mol. The van der Waals surface area contributed by atoms with E-state index in [-0.39, 0.29) is 0 Å². The third kappa shape index (κ3) is 1.99. The molecule has 1 fully saturated rings. The van der Waals surface area contributed by atoms with Crippen LogP contribution in [0.3, 0.4) is 0 Å². The first-order valence-electron chi connectivity index (χ1n) is 3.87. The minimum Gasteiger partial charge on any atom is -0.466 e. The zero-order valence-electron chi connectivity index (χ0n) is 7.44. The maximum atomic E-state index is 11.1. The van der Waals surface area contributed by atoms with Gasteiger partial charge >= 0.3 is 12.1 Å². The molecule has 0 radical (unpaired) electrons. The summed E-state index contributed by atoms with van der Waals surface area (Å²) in [6.07, 6.45) is 1.94. The van der Waals surface area contributed by atoms with Gasteiger partial charge < -0.3 is 14.8 Å². The number of alkyl carbamates (subject to hydrolysis) is 1. The van der Waals surface area contributed by atoms with E-state index in [4.69, 9.17) is 4.74 Å². The number of rotatable bonds is 2. The molecule has 5 nitrogen and oxygen atoms in total. The van der Waals surface area contributed by atoms with Crippen molar-refractivity contribution in [1.82, 2.24) is 5.32 Å². The van der Waals surface area contributed by atoms with Gasteiger partial charge in [0.05, 0.1) is 13.2 Å². The third-order valence-corrected chi connectivity index (χ3v) is 1.68. The highest BCUT2D eigenvalue weighted by Gasteiger charge is 2.38. The Balaban J connectivity index is 2.71. The number of carbonyl (C=O) groups is 2. The van der Waals surface area contributed by atoms with Gasteiger partial charge in [0.15, 0.2) is 0 Å². The summed E-state index contributed by atoms with van der Waals surface area (Å²) in [6.45, 7) is 1.79. The van der Waals surface area contributed by atoms with Crippen LogP contribution in [0, 0.1) is 0 Å². The Hall–Kier alpha value is -1.52. The van der Waals surface area contributed by atoms with Gasteiger partial charge in [0.1, 0.15) is 0 Å². The topological polar surface area (TPSA) is 64.6 Å². The van der Waals surface area contributed by atoms with Gasteiger partial charge in [-0.15, -0.1) is 0 Å². The van der Waals surface area contributed by atoms with Gasteiger partial charge in [-0.1, -0.05) is 12.2 Å². The highest BCUT2D eigenvalue weighted by atomic mass is 16.6. The maximum Gasteiger partial charge on any atom is 0.408 e. The number of amides is 1. The fraction of sp³-hybridized carbons (Fsp3) is 0.500. The van der Waals surface area contributed by atoms with E-state index in [1.165, 1.54) is 7.11 Å². The number of carbonyl (C=O) groups excluding carboxylic acids is 2. The molecule has 1 rings (SSSR count). The van der Waals surface area contributed by atoms with E-state index in [9.17, 15) is 9.59 Å². The summed E-state index contributed by atoms with van der Waals surface area (Å²) in [4.78, 5) is 21.9. The Morgan fingerprint density at radius 3 is 2.92 bits per heavy atom. The van der Waals surface area contributed by atoms with E-state index in [1.807, 2.05) is 0 Å². The van der Waals surface area contributed by atoms with E-state index in [1.54, 1.807) is 19.1 Å². The summed E-state index contributed by atoms with van der Waals surface area (Å²) >= 11 is 0. The summed E-state index contributed by atoms with van der Waals surface area (Å²) in [5.74, 6) is -0.554. The summed E-state index contributed by atoms with van der Waals surface area (Å²) in [5, 5.41) is 2.47. The van der Waals surface area contributed by atoms with Crippen LogP contribution in [0.1, 0.15) is 6.92 Å². The lowest BCUT2D eigenvalue weighted by Crippen LogP contribution is -2.35. The summed E-state index contributed by atoms with van der Waals surface area (Å²) in [6, 6.07) is -0.426. The van der Waals surface area contributed by atoms with Crippen molar-refractivity contribution < 1.29 is 19.1 Å². The van der Waals surface area contributed by atoms with E-state index >= 15 is 0 Å². The summed E-state index contributed by atoms with van der Waals surface area (Å²) in [5.41, 5.74) is 0. The van der Waals surface area contributed by atoms with Crippen LogP contribution in [0.2, 0.25) is 0 Å². The predicted octanol–water partition coefficient (Wildman–Crippen LogP) is 0.212. The highest BCUT2D eigenvalue weighted by Crippen LogP contribution is 2.11. The number of cyclic esters (lactones) is 1. The Morgan fingerprint density at radius 1 is 1.69 bits per heavy atom. The van der Waals surface area contributed by atoms with Crippen LogP contribution in [-0.4, -0.2) is 31.3 Å². The molecule has 2 atom stereocenters. The first kappa shape index (κ1) is 9.57. The monoisotopic (exact) mass is 185 g/mol. The van der Waals surface area contributed by atoms with Gasteiger partial charge in [-0.3, -0.25) is 0 Å². The average Bonchev–Trinajstić information content (AvgIpc) is 2.46. The van der Waals surface area contributed by atoms with E-state index in [2.05, 4.69) is 10.1 Å². The fourth-order valence-electron chi connectivity index (χ4n) is 1.10. The third-order valence-electron chi connectivity index (χ3n) is 1.68. The molecule has 0 bridgehead atoms. The molecule has 0 aromatic rings. The zero-order chi connectivity index (χ0) is 9.84. The Kier molecular flexibility index (Phi) is 2.89. The molecule has 1 heterocycles. The standard InChI is InChI=1S/C8H11NO4/c1-3-4-5-6(7(10)12-2)13-8(11)9-5/h3-6H,1-2H3,(H,9,11)/b4-3+/t5-,6-/m0/s1. The van der Waals surface area contributed by atoms with Crippen LogP contribution < -0.4 is 5.32 Å². The molecule has 0 aromatic carbocycles. The minimum absolute atomic E-state index is 0.426. The van der Waals surface area contributed by atoms with Gasteiger partial charge in [-0.25, -0.2) is 9.59 Å². The lowest BCUT2D eigenvalue weighted by molar-refractivity contribution is -0.149. The van der Waals surface area contributed by atoms with E-state index < -0.39 is 24.2 Å². The van der Waals surface area contributed by atoms with Gasteiger partial charge in [-0.2, -0.15) is 0 Å². The quantitative estimate of drug-likeness (QED) is 0.493. The second-order valence-electron chi connectivity index (χ2n) is 2.54. The molecule has 13 heavy (non-hydrogen) atoms. The molecule has 0 spiro atoms. The number of nitrogens with one attached hydrogen (secondary N) is 1. The lowest BCUT2D eigenvalue weighted by atomic mass is 10.1. The number of allylic oxidation sites excluding steroid dienone is 1. The van der Waals surface area contributed by atoms with Crippen LogP contribution in [-0.2, 0) is 14.3 Å². The van der Waals surface area contributed by atoms with E-state index in [0.717, 1.165) is 0 Å². The van der Waals surface area contributed by atoms with Crippen molar-refractivity contribution in [2.45, 2.75) is 19.1 Å². The molecule has 1 saturated heterocycles. The number of esters is 1. The van der Waals surface area contributed by atoms with Crippen LogP contribution >= 0.6 is 0 Å². The SMILES string of the molecule is C/C=C/[C@@H]1NC(=O)O[C@@H]1C(=O)OC.